The predicted octanol–water partition coefficient (Wildman–Crippen LogP) is 2.00. The summed E-state index contributed by atoms with van der Waals surface area (Å²) in [5.41, 5.74) is 1.36. The molecule has 0 unspecified atom stereocenters. The van der Waals surface area contributed by atoms with Gasteiger partial charge in [-0.3, -0.25) is 14.5 Å². The van der Waals surface area contributed by atoms with Gasteiger partial charge in [0.15, 0.2) is 5.78 Å². The van der Waals surface area contributed by atoms with Crippen LogP contribution in [0.15, 0.2) is 35.2 Å². The largest absolute Gasteiger partial charge is 0.292 e. The molecule has 82 valence electrons. The maximum atomic E-state index is 11.9. The number of carbonyl (C=O) groups excluding carboxylic acids is 1. The summed E-state index contributed by atoms with van der Waals surface area (Å²) in [5, 5.41) is 4.02. The Morgan fingerprint density at radius 3 is 3.00 bits per heavy atom. The second-order valence-corrected chi connectivity index (χ2v) is 4.31. The molecule has 4 nitrogen and oxygen atoms in total. The molecule has 2 aromatic heterocycles. The molecule has 0 aliphatic carbocycles. The van der Waals surface area contributed by atoms with Gasteiger partial charge in [0.25, 0.3) is 0 Å². The van der Waals surface area contributed by atoms with E-state index >= 15 is 0 Å². The molecule has 0 bridgehead atoms. The van der Waals surface area contributed by atoms with Gasteiger partial charge in [-0.15, -0.1) is 0 Å². The van der Waals surface area contributed by atoms with Crippen LogP contribution in [-0.4, -0.2) is 20.5 Å². The van der Waals surface area contributed by atoms with Crippen LogP contribution < -0.4 is 0 Å². The van der Waals surface area contributed by atoms with Crippen molar-refractivity contribution in [3.63, 3.8) is 0 Å². The summed E-state index contributed by atoms with van der Waals surface area (Å²) >= 11 is 3.31. The highest BCUT2D eigenvalue weighted by atomic mass is 79.9. The first-order valence-corrected chi connectivity index (χ1v) is 5.57. The predicted molar refractivity (Wildman–Crippen MR) is 63.2 cm³/mol. The van der Waals surface area contributed by atoms with E-state index < -0.39 is 0 Å². The van der Waals surface area contributed by atoms with Crippen molar-refractivity contribution in [3.05, 3.63) is 46.5 Å². The van der Waals surface area contributed by atoms with Gasteiger partial charge in [0, 0.05) is 30.3 Å². The highest BCUT2D eigenvalue weighted by Crippen LogP contribution is 2.15. The Bertz CT molecular complexity index is 521. The van der Waals surface area contributed by atoms with Gasteiger partial charge >= 0.3 is 0 Å². The van der Waals surface area contributed by atoms with Crippen molar-refractivity contribution in [3.8, 4) is 0 Å². The molecule has 0 saturated carbocycles. The van der Waals surface area contributed by atoms with Gasteiger partial charge in [-0.25, -0.2) is 0 Å². The van der Waals surface area contributed by atoms with Crippen LogP contribution in [0.3, 0.4) is 0 Å². The minimum Gasteiger partial charge on any atom is -0.292 e. The SMILES string of the molecule is Cn1cc(CC(=O)c2ncccc2Br)cn1. The zero-order valence-corrected chi connectivity index (χ0v) is 10.3. The average Bonchev–Trinajstić information content (AvgIpc) is 2.64. The highest BCUT2D eigenvalue weighted by molar-refractivity contribution is 9.10. The van der Waals surface area contributed by atoms with Crippen LogP contribution in [0.2, 0.25) is 0 Å². The number of pyridine rings is 1. The smallest absolute Gasteiger partial charge is 0.186 e. The van der Waals surface area contributed by atoms with Crippen LogP contribution in [0.4, 0.5) is 0 Å². The number of aromatic nitrogens is 3. The Morgan fingerprint density at radius 2 is 2.38 bits per heavy atom. The molecule has 0 aliphatic rings. The van der Waals surface area contributed by atoms with Gasteiger partial charge < -0.3 is 0 Å². The Kier molecular flexibility index (Phi) is 3.14. The summed E-state index contributed by atoms with van der Waals surface area (Å²) in [6, 6.07) is 3.59. The van der Waals surface area contributed by atoms with Crippen LogP contribution >= 0.6 is 15.9 Å². The first kappa shape index (κ1) is 11.0. The summed E-state index contributed by atoms with van der Waals surface area (Å²) in [5.74, 6) is -0.0134. The number of rotatable bonds is 3. The fraction of sp³-hybridized carbons (Fsp3) is 0.182. The van der Waals surface area contributed by atoms with Gasteiger partial charge in [0.2, 0.25) is 0 Å². The molecule has 0 radical (unpaired) electrons. The van der Waals surface area contributed by atoms with Crippen LogP contribution in [-0.2, 0) is 13.5 Å². The van der Waals surface area contributed by atoms with Gasteiger partial charge in [-0.05, 0) is 33.6 Å². The fourth-order valence-corrected chi connectivity index (χ4v) is 1.90. The first-order valence-electron chi connectivity index (χ1n) is 4.78. The number of halogens is 1. The fourth-order valence-electron chi connectivity index (χ4n) is 1.42. The topological polar surface area (TPSA) is 47.8 Å². The summed E-state index contributed by atoms with van der Waals surface area (Å²) in [6.07, 6.45) is 5.45. The summed E-state index contributed by atoms with van der Waals surface area (Å²) in [6.45, 7) is 0. The number of Topliss-reactive ketones (excluding diaryl/α,β-unsaturated/α-hetero) is 1. The second-order valence-electron chi connectivity index (χ2n) is 3.46. The molecule has 16 heavy (non-hydrogen) atoms. The van der Waals surface area contributed by atoms with E-state index in [0.717, 1.165) is 10.0 Å². The van der Waals surface area contributed by atoms with E-state index in [4.69, 9.17) is 0 Å². The minimum atomic E-state index is -0.0134. The van der Waals surface area contributed by atoms with Gasteiger partial charge in [-0.2, -0.15) is 5.10 Å². The summed E-state index contributed by atoms with van der Waals surface area (Å²) in [7, 11) is 1.82. The number of carbonyl (C=O) groups is 1. The maximum Gasteiger partial charge on any atom is 0.186 e. The molecule has 0 amide bonds. The second kappa shape index (κ2) is 4.57. The van der Waals surface area contributed by atoms with E-state index in [1.54, 1.807) is 23.1 Å². The Hall–Kier alpha value is -1.49. The van der Waals surface area contributed by atoms with E-state index in [0.29, 0.717) is 12.1 Å². The van der Waals surface area contributed by atoms with E-state index in [1.165, 1.54) is 0 Å². The van der Waals surface area contributed by atoms with Crippen molar-refractivity contribution < 1.29 is 4.79 Å². The lowest BCUT2D eigenvalue weighted by Gasteiger charge is -2.00. The third-order valence-electron chi connectivity index (χ3n) is 2.15. The summed E-state index contributed by atoms with van der Waals surface area (Å²) in [4.78, 5) is 16.0. The van der Waals surface area contributed by atoms with Crippen molar-refractivity contribution in [2.45, 2.75) is 6.42 Å². The zero-order chi connectivity index (χ0) is 11.5. The number of hydrogen-bond acceptors (Lipinski definition) is 3. The van der Waals surface area contributed by atoms with Gasteiger partial charge in [-0.1, -0.05) is 0 Å². The van der Waals surface area contributed by atoms with E-state index in [-0.39, 0.29) is 5.78 Å². The third kappa shape index (κ3) is 2.36. The van der Waals surface area contributed by atoms with Gasteiger partial charge in [0.05, 0.1) is 6.20 Å². The van der Waals surface area contributed by atoms with E-state index in [9.17, 15) is 4.79 Å². The highest BCUT2D eigenvalue weighted by Gasteiger charge is 2.12. The van der Waals surface area contributed by atoms with Crippen LogP contribution in [0, 0.1) is 0 Å². The molecular weight excluding hydrogens is 270 g/mol. The molecule has 0 spiro atoms. The quantitative estimate of drug-likeness (QED) is 0.808. The van der Waals surface area contributed by atoms with Crippen LogP contribution in [0.25, 0.3) is 0 Å². The lowest BCUT2D eigenvalue weighted by molar-refractivity contribution is 0.0987. The molecule has 2 aromatic rings. The van der Waals surface area contributed by atoms with Crippen LogP contribution in [0.5, 0.6) is 0 Å². The lowest BCUT2D eigenvalue weighted by atomic mass is 10.1. The molecule has 0 atom stereocenters. The first-order chi connectivity index (χ1) is 7.66. The van der Waals surface area contributed by atoms with Crippen molar-refractivity contribution in [2.24, 2.45) is 7.05 Å². The number of hydrogen-bond donors (Lipinski definition) is 0. The van der Waals surface area contributed by atoms with E-state index in [2.05, 4.69) is 26.0 Å². The lowest BCUT2D eigenvalue weighted by Crippen LogP contribution is -2.06. The summed E-state index contributed by atoms with van der Waals surface area (Å²) < 4.78 is 2.40. The number of ketones is 1. The normalized spacial score (nSPS) is 10.4. The average molecular weight is 280 g/mol. The standard InChI is InChI=1S/C11H10BrN3O/c1-15-7-8(6-14-15)5-10(16)11-9(12)3-2-4-13-11/h2-4,6-7H,5H2,1H3. The van der Waals surface area contributed by atoms with Crippen molar-refractivity contribution >= 4 is 21.7 Å². The Balaban J connectivity index is 2.18. The number of aryl methyl sites for hydroxylation is 1. The molecule has 0 saturated heterocycles. The van der Waals surface area contributed by atoms with Crippen molar-refractivity contribution in [2.75, 3.05) is 0 Å². The monoisotopic (exact) mass is 279 g/mol. The minimum absolute atomic E-state index is 0.0134. The van der Waals surface area contributed by atoms with Crippen molar-refractivity contribution in [1.29, 1.82) is 0 Å². The molecule has 5 heteroatoms. The number of nitrogens with zero attached hydrogens (tertiary/aromatic N) is 3. The third-order valence-corrected chi connectivity index (χ3v) is 2.79. The zero-order valence-electron chi connectivity index (χ0n) is 8.72. The van der Waals surface area contributed by atoms with Crippen molar-refractivity contribution in [1.82, 2.24) is 14.8 Å². The maximum absolute atomic E-state index is 11.9. The Labute approximate surface area is 101 Å². The molecular formula is C11H10BrN3O. The van der Waals surface area contributed by atoms with Crippen LogP contribution in [0.1, 0.15) is 16.1 Å². The van der Waals surface area contributed by atoms with Gasteiger partial charge in [0.1, 0.15) is 5.69 Å². The molecule has 0 aliphatic heterocycles. The Morgan fingerprint density at radius 1 is 1.56 bits per heavy atom. The molecule has 0 N–H and O–H groups in total. The molecule has 0 aromatic carbocycles. The van der Waals surface area contributed by atoms with E-state index in [1.807, 2.05) is 19.3 Å². The molecule has 0 fully saturated rings. The molecule has 2 rings (SSSR count). The molecule has 2 heterocycles.